The Morgan fingerprint density at radius 2 is 1.47 bits per heavy atom. The van der Waals surface area contributed by atoms with Crippen LogP contribution in [0.5, 0.6) is 5.75 Å². The topological polar surface area (TPSA) is 25.8 Å². The third-order valence-corrected chi connectivity index (χ3v) is 2.23. The normalized spacial score (nSPS) is 8.76. The number of benzene rings is 2. The van der Waals surface area contributed by atoms with E-state index < -0.39 is 0 Å². The van der Waals surface area contributed by atoms with Gasteiger partial charge in [-0.25, -0.2) is 0 Å². The van der Waals surface area contributed by atoms with E-state index in [0.29, 0.717) is 0 Å². The van der Waals surface area contributed by atoms with Crippen molar-refractivity contribution in [2.75, 3.05) is 7.11 Å². The third-order valence-electron chi connectivity index (χ3n) is 2.23. The summed E-state index contributed by atoms with van der Waals surface area (Å²) < 4.78 is 5.17. The van der Waals surface area contributed by atoms with Gasteiger partial charge in [0.05, 0.1) is 7.11 Å². The molecular formula is C13H14Cl2NO-. The van der Waals surface area contributed by atoms with Gasteiger partial charge in [-0.15, -0.1) is 0 Å². The van der Waals surface area contributed by atoms with Crippen LogP contribution < -0.4 is 34.9 Å². The monoisotopic (exact) mass is 270 g/mol. The molecule has 0 spiro atoms. The maximum absolute atomic E-state index is 5.17. The Hall–Kier alpha value is -1.22. The summed E-state index contributed by atoms with van der Waals surface area (Å²) in [6, 6.07) is 18.3. The summed E-state index contributed by atoms with van der Waals surface area (Å²) in [6.45, 7) is 0. The second kappa shape index (κ2) is 7.96. The summed E-state index contributed by atoms with van der Waals surface area (Å²) in [5.41, 5.74) is 2.35. The first kappa shape index (κ1) is 15.8. The van der Waals surface area contributed by atoms with Crippen molar-refractivity contribution >= 4 is 11.4 Å². The number of rotatable bonds is 3. The molecule has 0 saturated carbocycles. The first-order valence-electron chi connectivity index (χ1n) is 4.92. The average Bonchev–Trinajstić information content (AvgIpc) is 2.31. The van der Waals surface area contributed by atoms with Crippen LogP contribution in [0.2, 0.25) is 0 Å². The lowest BCUT2D eigenvalue weighted by Crippen LogP contribution is -3.00. The summed E-state index contributed by atoms with van der Waals surface area (Å²) in [5.74, 6) is 0.889. The zero-order valence-electron chi connectivity index (χ0n) is 9.44. The van der Waals surface area contributed by atoms with Gasteiger partial charge in [-0.05, 0) is 24.3 Å². The molecule has 2 N–H and O–H groups in total. The van der Waals surface area contributed by atoms with Gasteiger partial charge in [0.1, 0.15) is 17.1 Å². The summed E-state index contributed by atoms with van der Waals surface area (Å²) in [5, 5.41) is 2.13. The molecule has 2 rings (SSSR count). The standard InChI is InChI=1S/C13H13NO.2ClH/c1-15-13-9-5-8-12(10-13)14-11-6-3-2-4-7-11;;/h2-10,14H,1H3;2*1H/p-1. The van der Waals surface area contributed by atoms with Gasteiger partial charge in [0, 0.05) is 6.07 Å². The molecule has 0 aliphatic rings. The van der Waals surface area contributed by atoms with E-state index in [9.17, 15) is 0 Å². The van der Waals surface area contributed by atoms with E-state index in [2.05, 4.69) is 23.5 Å². The van der Waals surface area contributed by atoms with Crippen LogP contribution in [-0.4, -0.2) is 7.11 Å². The highest BCUT2D eigenvalue weighted by Gasteiger charge is 2.00. The highest BCUT2D eigenvalue weighted by Crippen LogP contribution is 2.13. The summed E-state index contributed by atoms with van der Waals surface area (Å²) in [7, 11) is 1.68. The maximum Gasteiger partial charge on any atom is 0.138 e. The molecule has 2 nitrogen and oxygen atoms in total. The van der Waals surface area contributed by atoms with Crippen molar-refractivity contribution < 1.29 is 34.9 Å². The van der Waals surface area contributed by atoms with E-state index in [1.165, 1.54) is 5.69 Å². The van der Waals surface area contributed by atoms with Crippen molar-refractivity contribution in [2.24, 2.45) is 0 Å². The third kappa shape index (κ3) is 4.65. The number of ether oxygens (including phenoxy) is 1. The van der Waals surface area contributed by atoms with E-state index >= 15 is 0 Å². The van der Waals surface area contributed by atoms with Gasteiger partial charge in [-0.1, -0.05) is 24.3 Å². The Morgan fingerprint density at radius 3 is 2.12 bits per heavy atom. The minimum Gasteiger partial charge on any atom is -1.00 e. The number of para-hydroxylation sites is 1. The second-order valence-electron chi connectivity index (χ2n) is 3.33. The SMILES string of the molecule is COc1cccc([NH2+]c2ccccc2)c1.[Cl-].[Cl-]. The molecule has 2 aromatic carbocycles. The van der Waals surface area contributed by atoms with Crippen molar-refractivity contribution in [3.8, 4) is 5.75 Å². The second-order valence-corrected chi connectivity index (χ2v) is 3.33. The van der Waals surface area contributed by atoms with Gasteiger partial charge in [-0.3, -0.25) is 5.32 Å². The molecule has 0 amide bonds. The first-order chi connectivity index (χ1) is 7.38. The van der Waals surface area contributed by atoms with E-state index in [4.69, 9.17) is 4.74 Å². The fraction of sp³-hybridized carbons (Fsp3) is 0.0769. The Bertz CT molecular complexity index is 434. The van der Waals surface area contributed by atoms with Crippen LogP contribution in [0.25, 0.3) is 0 Å². The van der Waals surface area contributed by atoms with Crippen molar-refractivity contribution in [1.82, 2.24) is 0 Å². The Kier molecular flexibility index (Phi) is 7.39. The Balaban J connectivity index is 0.00000128. The van der Waals surface area contributed by atoms with Crippen LogP contribution >= 0.6 is 0 Å². The summed E-state index contributed by atoms with van der Waals surface area (Å²) in [6.07, 6.45) is 0. The molecule has 0 aromatic heterocycles. The number of nitrogens with two attached hydrogens (primary N) is 1. The fourth-order valence-corrected chi connectivity index (χ4v) is 1.47. The van der Waals surface area contributed by atoms with Crippen LogP contribution in [0, 0.1) is 0 Å². The average molecular weight is 271 g/mol. The number of quaternary nitrogens is 1. The smallest absolute Gasteiger partial charge is 0.138 e. The minimum absolute atomic E-state index is 0. The predicted molar refractivity (Wildman–Crippen MR) is 60.7 cm³/mol. The number of hydrogen-bond acceptors (Lipinski definition) is 1. The molecular weight excluding hydrogens is 257 g/mol. The lowest BCUT2D eigenvalue weighted by molar-refractivity contribution is -0.478. The van der Waals surface area contributed by atoms with Crippen LogP contribution in [0.1, 0.15) is 0 Å². The molecule has 2 aromatic rings. The molecule has 4 heteroatoms. The van der Waals surface area contributed by atoms with Gasteiger partial charge < -0.3 is 29.6 Å². The largest absolute Gasteiger partial charge is 1.00 e. The zero-order valence-corrected chi connectivity index (χ0v) is 10.9. The number of halogens is 2. The highest BCUT2D eigenvalue weighted by atomic mass is 35.5. The first-order valence-corrected chi connectivity index (χ1v) is 4.92. The maximum atomic E-state index is 5.17. The molecule has 0 heterocycles. The minimum atomic E-state index is 0. The van der Waals surface area contributed by atoms with Gasteiger partial charge in [0.15, 0.2) is 0 Å². The molecule has 92 valence electrons. The highest BCUT2D eigenvalue weighted by molar-refractivity contribution is 5.40. The Morgan fingerprint density at radius 1 is 0.824 bits per heavy atom. The van der Waals surface area contributed by atoms with E-state index in [1.807, 2.05) is 36.4 Å². The summed E-state index contributed by atoms with van der Waals surface area (Å²) in [4.78, 5) is 0. The van der Waals surface area contributed by atoms with Crippen LogP contribution in [0.3, 0.4) is 0 Å². The molecule has 0 aliphatic carbocycles. The Labute approximate surface area is 114 Å². The van der Waals surface area contributed by atoms with Gasteiger partial charge in [-0.2, -0.15) is 0 Å². The van der Waals surface area contributed by atoms with Crippen LogP contribution in [0.15, 0.2) is 54.6 Å². The number of methoxy groups -OCH3 is 1. The van der Waals surface area contributed by atoms with Crippen LogP contribution in [0.4, 0.5) is 11.4 Å². The van der Waals surface area contributed by atoms with Gasteiger partial charge >= 0.3 is 0 Å². The van der Waals surface area contributed by atoms with Gasteiger partial charge in [0.2, 0.25) is 0 Å². The van der Waals surface area contributed by atoms with Crippen molar-refractivity contribution in [2.45, 2.75) is 0 Å². The summed E-state index contributed by atoms with van der Waals surface area (Å²) >= 11 is 0. The number of hydrogen-bond donors (Lipinski definition) is 1. The molecule has 0 radical (unpaired) electrons. The molecule has 0 saturated heterocycles. The molecule has 0 fully saturated rings. The molecule has 0 atom stereocenters. The van der Waals surface area contributed by atoms with Crippen LogP contribution in [-0.2, 0) is 0 Å². The van der Waals surface area contributed by atoms with Crippen molar-refractivity contribution in [3.05, 3.63) is 54.6 Å². The molecule has 0 unspecified atom stereocenters. The van der Waals surface area contributed by atoms with Crippen molar-refractivity contribution in [3.63, 3.8) is 0 Å². The molecule has 17 heavy (non-hydrogen) atoms. The van der Waals surface area contributed by atoms with Gasteiger partial charge in [0.25, 0.3) is 0 Å². The quantitative estimate of drug-likeness (QED) is 0.570. The van der Waals surface area contributed by atoms with Crippen molar-refractivity contribution in [1.29, 1.82) is 0 Å². The lowest BCUT2D eigenvalue weighted by Gasteiger charge is -2.02. The van der Waals surface area contributed by atoms with E-state index in [0.717, 1.165) is 11.4 Å². The van der Waals surface area contributed by atoms with E-state index in [1.54, 1.807) is 7.11 Å². The lowest BCUT2D eigenvalue weighted by atomic mass is 10.2. The molecule has 0 bridgehead atoms. The predicted octanol–water partition coefficient (Wildman–Crippen LogP) is -3.77. The van der Waals surface area contributed by atoms with E-state index in [-0.39, 0.29) is 24.8 Å². The fourth-order valence-electron chi connectivity index (χ4n) is 1.47. The molecule has 0 aliphatic heterocycles. The zero-order chi connectivity index (χ0) is 10.5.